The Morgan fingerprint density at radius 2 is 2.03 bits per heavy atom. The van der Waals surface area contributed by atoms with Crippen molar-refractivity contribution in [3.05, 3.63) is 11.6 Å². The normalized spacial score (nSPS) is 26.3. The van der Waals surface area contributed by atoms with Crippen LogP contribution in [-0.4, -0.2) is 83.5 Å². The minimum atomic E-state index is -5.70. The Bertz CT molecular complexity index is 972. The molecule has 3 rings (SSSR count). The molecule has 0 unspecified atom stereocenters. The summed E-state index contributed by atoms with van der Waals surface area (Å²) < 4.78 is 60.4. The van der Waals surface area contributed by atoms with E-state index in [1.165, 1.54) is 10.9 Å². The number of nitrogens with zero attached hydrogens (tertiary/aromatic N) is 4. The van der Waals surface area contributed by atoms with Crippen molar-refractivity contribution in [2.24, 2.45) is 0 Å². The predicted octanol–water partition coefficient (Wildman–Crippen LogP) is 0.223. The molecule has 2 aromatic heterocycles. The van der Waals surface area contributed by atoms with Crippen molar-refractivity contribution < 1.29 is 47.2 Å². The molecule has 12 nitrogen and oxygen atoms in total. The maximum absolute atomic E-state index is 12.8. The van der Waals surface area contributed by atoms with Crippen LogP contribution in [0.1, 0.15) is 6.23 Å². The molecule has 17 heteroatoms. The van der Waals surface area contributed by atoms with Gasteiger partial charge in [-0.25, -0.2) is 4.98 Å². The number of imidazole rings is 1. The number of halogens is 4. The molecule has 0 saturated carbocycles. The Morgan fingerprint density at radius 3 is 2.60 bits per heavy atom. The number of aromatic nitrogens is 4. The standard InChI is InChI=1S/C13H16ClF3N5O7P/c1-18-8-5-9(21-12(14)20-8)22(3-19-5)10-7(24)6(23)4(29-10)2-28-11(13(15,16)17)30(25,26)27/h3-4,6-7,10-11,23-24H,2H2,1H3,(H,18,20,21)(H2,25,26,27)/t4-,6-,7-,10-,11-/m1/s1. The van der Waals surface area contributed by atoms with Gasteiger partial charge in [0.2, 0.25) is 5.28 Å². The van der Waals surface area contributed by atoms with Crippen LogP contribution in [0.5, 0.6) is 0 Å². The number of alkyl halides is 3. The minimum absolute atomic E-state index is 0.0977. The summed E-state index contributed by atoms with van der Waals surface area (Å²) >= 11 is 5.85. The van der Waals surface area contributed by atoms with Crippen LogP contribution in [-0.2, 0) is 14.0 Å². The Balaban J connectivity index is 1.83. The summed E-state index contributed by atoms with van der Waals surface area (Å²) in [4.78, 5) is 29.7. The SMILES string of the molecule is CNc1nc(Cl)nc2c1ncn2[C@@H]1O[C@H](CO[C@@H](C(F)(F)F)P(=O)(O)O)[C@@H](O)[C@H]1O. The Hall–Kier alpha value is -1.58. The molecule has 5 N–H and O–H groups in total. The van der Waals surface area contributed by atoms with Gasteiger partial charge in [0.05, 0.1) is 12.9 Å². The molecule has 0 amide bonds. The van der Waals surface area contributed by atoms with Crippen molar-refractivity contribution in [2.75, 3.05) is 19.0 Å². The van der Waals surface area contributed by atoms with Crippen molar-refractivity contribution >= 4 is 36.2 Å². The van der Waals surface area contributed by atoms with E-state index in [-0.39, 0.29) is 22.3 Å². The Labute approximate surface area is 170 Å². The summed E-state index contributed by atoms with van der Waals surface area (Å²) in [6.07, 6.45) is -10.5. The highest BCUT2D eigenvalue weighted by atomic mass is 35.5. The van der Waals surface area contributed by atoms with Gasteiger partial charge in [-0.2, -0.15) is 23.1 Å². The Kier molecular flexibility index (Phi) is 6.28. The highest BCUT2D eigenvalue weighted by Gasteiger charge is 2.53. The third-order valence-electron chi connectivity index (χ3n) is 4.25. The highest BCUT2D eigenvalue weighted by molar-refractivity contribution is 7.52. The molecule has 0 aliphatic carbocycles. The van der Waals surface area contributed by atoms with E-state index in [2.05, 4.69) is 25.0 Å². The molecule has 5 atom stereocenters. The largest absolute Gasteiger partial charge is 0.426 e. The van der Waals surface area contributed by atoms with Gasteiger partial charge in [0, 0.05) is 7.05 Å². The second kappa shape index (κ2) is 8.16. The first kappa shape index (κ1) is 23.1. The molecule has 0 radical (unpaired) electrons. The van der Waals surface area contributed by atoms with Crippen molar-refractivity contribution in [3.63, 3.8) is 0 Å². The number of hydrogen-bond donors (Lipinski definition) is 5. The second-order valence-corrected chi connectivity index (χ2v) is 8.26. The van der Waals surface area contributed by atoms with Crippen LogP contribution in [0, 0.1) is 0 Å². The molecule has 1 aliphatic heterocycles. The maximum Gasteiger partial charge on any atom is 0.426 e. The van der Waals surface area contributed by atoms with E-state index in [0.29, 0.717) is 0 Å². The fourth-order valence-corrected chi connectivity index (χ4v) is 3.74. The van der Waals surface area contributed by atoms with Gasteiger partial charge in [-0.15, -0.1) is 0 Å². The molecule has 0 bridgehead atoms. The third kappa shape index (κ3) is 4.38. The fourth-order valence-electron chi connectivity index (χ4n) is 2.92. The summed E-state index contributed by atoms with van der Waals surface area (Å²) in [5.74, 6) is -3.15. The molecule has 3 heterocycles. The topological polar surface area (TPSA) is 172 Å². The van der Waals surface area contributed by atoms with Crippen LogP contribution in [0.25, 0.3) is 11.2 Å². The maximum atomic E-state index is 12.8. The number of aliphatic hydroxyl groups is 2. The number of nitrogens with one attached hydrogen (secondary N) is 1. The zero-order chi connectivity index (χ0) is 22.4. The summed E-state index contributed by atoms with van der Waals surface area (Å²) in [5.41, 5.74) is 0.339. The second-order valence-electron chi connectivity index (χ2n) is 6.28. The molecule has 1 aliphatic rings. The molecule has 2 aromatic rings. The molecule has 0 spiro atoms. The van der Waals surface area contributed by atoms with Crippen molar-refractivity contribution in [1.82, 2.24) is 19.5 Å². The van der Waals surface area contributed by atoms with Gasteiger partial charge in [0.25, 0.3) is 5.85 Å². The molecular formula is C13H16ClF3N5O7P. The lowest BCUT2D eigenvalue weighted by Gasteiger charge is -2.23. The van der Waals surface area contributed by atoms with Crippen LogP contribution >= 0.6 is 19.2 Å². The van der Waals surface area contributed by atoms with Crippen LogP contribution in [0.3, 0.4) is 0 Å². The number of fused-ring (bicyclic) bond motifs is 1. The first-order valence-corrected chi connectivity index (χ1v) is 10.2. The van der Waals surface area contributed by atoms with Gasteiger partial charge < -0.3 is 34.8 Å². The van der Waals surface area contributed by atoms with E-state index < -0.39 is 50.8 Å². The smallest absolute Gasteiger partial charge is 0.387 e. The molecule has 168 valence electrons. The van der Waals surface area contributed by atoms with Crippen LogP contribution in [0.4, 0.5) is 19.0 Å². The average molecular weight is 478 g/mol. The van der Waals surface area contributed by atoms with Crippen LogP contribution < -0.4 is 5.32 Å². The first-order valence-electron chi connectivity index (χ1n) is 8.17. The first-order chi connectivity index (χ1) is 13.8. The summed E-state index contributed by atoms with van der Waals surface area (Å²) in [7, 11) is -4.15. The molecule has 0 aromatic carbocycles. The molecule has 1 saturated heterocycles. The van der Waals surface area contributed by atoms with E-state index in [4.69, 9.17) is 26.1 Å². The minimum Gasteiger partial charge on any atom is -0.387 e. The summed E-state index contributed by atoms with van der Waals surface area (Å²) in [6.45, 7) is -1.06. The van der Waals surface area contributed by atoms with E-state index in [9.17, 15) is 27.9 Å². The number of ether oxygens (including phenoxy) is 2. The lowest BCUT2D eigenvalue weighted by molar-refractivity contribution is -0.206. The quantitative estimate of drug-likeness (QED) is 0.284. The lowest BCUT2D eigenvalue weighted by Crippen LogP contribution is -2.38. The molecule has 1 fully saturated rings. The van der Waals surface area contributed by atoms with E-state index in [1.807, 2.05) is 0 Å². The Morgan fingerprint density at radius 1 is 1.37 bits per heavy atom. The van der Waals surface area contributed by atoms with Gasteiger partial charge in [0.1, 0.15) is 18.3 Å². The van der Waals surface area contributed by atoms with Crippen LogP contribution in [0.15, 0.2) is 6.33 Å². The van der Waals surface area contributed by atoms with E-state index in [1.54, 1.807) is 7.05 Å². The molecule has 30 heavy (non-hydrogen) atoms. The zero-order valence-electron chi connectivity index (χ0n) is 14.9. The van der Waals surface area contributed by atoms with Gasteiger partial charge in [0.15, 0.2) is 23.2 Å². The van der Waals surface area contributed by atoms with Crippen LogP contribution in [0.2, 0.25) is 5.28 Å². The van der Waals surface area contributed by atoms with Crippen molar-refractivity contribution in [2.45, 2.75) is 36.6 Å². The summed E-state index contributed by atoms with van der Waals surface area (Å²) in [6, 6.07) is 0. The van der Waals surface area contributed by atoms with E-state index in [0.717, 1.165) is 0 Å². The number of anilines is 1. The molecular weight excluding hydrogens is 462 g/mol. The summed E-state index contributed by atoms with van der Waals surface area (Å²) in [5, 5.41) is 23.0. The van der Waals surface area contributed by atoms with E-state index >= 15 is 0 Å². The van der Waals surface area contributed by atoms with Gasteiger partial charge in [-0.3, -0.25) is 9.13 Å². The highest BCUT2D eigenvalue weighted by Crippen LogP contribution is 2.50. The number of rotatable bonds is 6. The lowest BCUT2D eigenvalue weighted by atomic mass is 10.1. The van der Waals surface area contributed by atoms with Crippen molar-refractivity contribution in [3.8, 4) is 0 Å². The predicted molar refractivity (Wildman–Crippen MR) is 93.6 cm³/mol. The number of hydrogen-bond acceptors (Lipinski definition) is 9. The monoisotopic (exact) mass is 477 g/mol. The zero-order valence-corrected chi connectivity index (χ0v) is 16.6. The van der Waals surface area contributed by atoms with Gasteiger partial charge in [-0.05, 0) is 11.6 Å². The van der Waals surface area contributed by atoms with Crippen molar-refractivity contribution in [1.29, 1.82) is 0 Å². The van der Waals surface area contributed by atoms with Gasteiger partial charge in [-0.1, -0.05) is 0 Å². The third-order valence-corrected chi connectivity index (χ3v) is 5.47. The number of aliphatic hydroxyl groups excluding tert-OH is 2. The van der Waals surface area contributed by atoms with Gasteiger partial charge >= 0.3 is 13.8 Å². The average Bonchev–Trinajstić information content (AvgIpc) is 3.14. The fraction of sp³-hybridized carbons (Fsp3) is 0.615.